The number of aryl methyl sites for hydroxylation is 2. The van der Waals surface area contributed by atoms with Gasteiger partial charge in [-0.3, -0.25) is 14.7 Å². The number of carbonyl (C=O) groups is 1. The second kappa shape index (κ2) is 9.55. The van der Waals surface area contributed by atoms with E-state index in [1.165, 1.54) is 0 Å². The fraction of sp³-hybridized carbons (Fsp3) is 0.364. The highest BCUT2D eigenvalue weighted by atomic mass is 35.5. The van der Waals surface area contributed by atoms with Crippen LogP contribution in [0.15, 0.2) is 41.0 Å². The SMILES string of the molecule is Cc1cc(Cc2cccc(Cl)c2)cc([C@@H]2CN(CC(=O)Nc3nonc3C)CCO2)n1. The van der Waals surface area contributed by atoms with Crippen molar-refractivity contribution in [3.63, 3.8) is 0 Å². The van der Waals surface area contributed by atoms with Gasteiger partial charge in [0.25, 0.3) is 0 Å². The van der Waals surface area contributed by atoms with Gasteiger partial charge in [-0.1, -0.05) is 28.9 Å². The van der Waals surface area contributed by atoms with Gasteiger partial charge in [-0.05, 0) is 60.8 Å². The molecule has 1 aliphatic rings. The molecule has 9 heteroatoms. The molecule has 3 heterocycles. The number of anilines is 1. The molecule has 162 valence electrons. The van der Waals surface area contributed by atoms with Gasteiger partial charge in [-0.2, -0.15) is 0 Å². The van der Waals surface area contributed by atoms with E-state index in [4.69, 9.17) is 21.3 Å². The lowest BCUT2D eigenvalue weighted by atomic mass is 10.0. The molecule has 1 N–H and O–H groups in total. The Hall–Kier alpha value is -2.81. The standard InChI is InChI=1S/C22H24ClN5O3/c1-14-8-17(9-16-4-3-5-18(23)10-16)11-19(24-14)20-12-28(6-7-30-20)13-21(29)25-22-15(2)26-31-27-22/h3-5,8,10-11,20H,6-7,9,12-13H2,1-2H3,(H,25,27,29)/t20-/m0/s1. The zero-order valence-electron chi connectivity index (χ0n) is 17.5. The van der Waals surface area contributed by atoms with Crippen molar-refractivity contribution in [2.75, 3.05) is 31.6 Å². The molecule has 2 aromatic heterocycles. The lowest BCUT2D eigenvalue weighted by Crippen LogP contribution is -2.42. The number of rotatable bonds is 6. The van der Waals surface area contributed by atoms with E-state index in [1.54, 1.807) is 6.92 Å². The maximum Gasteiger partial charge on any atom is 0.239 e. The van der Waals surface area contributed by atoms with Crippen LogP contribution in [0.1, 0.15) is 34.3 Å². The number of benzene rings is 1. The molecule has 1 fully saturated rings. The highest BCUT2D eigenvalue weighted by molar-refractivity contribution is 6.30. The zero-order chi connectivity index (χ0) is 21.8. The monoisotopic (exact) mass is 441 g/mol. The molecular weight excluding hydrogens is 418 g/mol. The fourth-order valence-corrected chi connectivity index (χ4v) is 3.88. The van der Waals surface area contributed by atoms with Crippen LogP contribution < -0.4 is 5.32 Å². The maximum atomic E-state index is 12.4. The number of hydrogen-bond donors (Lipinski definition) is 1. The molecular formula is C22H24ClN5O3. The van der Waals surface area contributed by atoms with Gasteiger partial charge in [-0.15, -0.1) is 0 Å². The van der Waals surface area contributed by atoms with Crippen molar-refractivity contribution in [2.45, 2.75) is 26.4 Å². The third kappa shape index (κ3) is 5.66. The molecule has 8 nitrogen and oxygen atoms in total. The van der Waals surface area contributed by atoms with Crippen LogP contribution in [0.5, 0.6) is 0 Å². The first kappa shape index (κ1) is 21.4. The molecule has 1 amide bonds. The summed E-state index contributed by atoms with van der Waals surface area (Å²) >= 11 is 6.12. The number of morpholine rings is 1. The lowest BCUT2D eigenvalue weighted by Gasteiger charge is -2.32. The molecule has 0 spiro atoms. The van der Waals surface area contributed by atoms with Crippen LogP contribution in [0, 0.1) is 13.8 Å². The second-order valence-corrected chi connectivity index (χ2v) is 8.13. The largest absolute Gasteiger partial charge is 0.369 e. The van der Waals surface area contributed by atoms with Crippen LogP contribution in [0.25, 0.3) is 0 Å². The topological polar surface area (TPSA) is 93.4 Å². The van der Waals surface area contributed by atoms with Crippen LogP contribution in [0.2, 0.25) is 5.02 Å². The van der Waals surface area contributed by atoms with E-state index in [0.717, 1.165) is 34.0 Å². The molecule has 4 rings (SSSR count). The van der Waals surface area contributed by atoms with Crippen molar-refractivity contribution in [3.8, 4) is 0 Å². The highest BCUT2D eigenvalue weighted by Gasteiger charge is 2.25. The number of aromatic nitrogens is 3. The van der Waals surface area contributed by atoms with E-state index in [9.17, 15) is 4.79 Å². The van der Waals surface area contributed by atoms with Gasteiger partial charge in [0.05, 0.1) is 18.8 Å². The van der Waals surface area contributed by atoms with E-state index in [1.807, 2.05) is 30.0 Å². The number of amides is 1. The van der Waals surface area contributed by atoms with Crippen molar-refractivity contribution >= 4 is 23.3 Å². The summed E-state index contributed by atoms with van der Waals surface area (Å²) in [6, 6.07) is 12.0. The fourth-order valence-electron chi connectivity index (χ4n) is 3.66. The number of ether oxygens (including phenoxy) is 1. The summed E-state index contributed by atoms with van der Waals surface area (Å²) < 4.78 is 10.6. The Morgan fingerprint density at radius 3 is 2.87 bits per heavy atom. The predicted octanol–water partition coefficient (Wildman–Crippen LogP) is 3.34. The smallest absolute Gasteiger partial charge is 0.239 e. The Bertz CT molecular complexity index is 1070. The normalized spacial score (nSPS) is 16.9. The number of pyridine rings is 1. The zero-order valence-corrected chi connectivity index (χ0v) is 18.2. The minimum absolute atomic E-state index is 0.168. The number of nitrogens with one attached hydrogen (secondary N) is 1. The minimum Gasteiger partial charge on any atom is -0.369 e. The summed E-state index contributed by atoms with van der Waals surface area (Å²) in [5, 5.41) is 10.8. The average molecular weight is 442 g/mol. The lowest BCUT2D eigenvalue weighted by molar-refractivity contribution is -0.119. The first-order valence-electron chi connectivity index (χ1n) is 10.1. The molecule has 0 aliphatic carbocycles. The molecule has 0 unspecified atom stereocenters. The third-order valence-corrected chi connectivity index (χ3v) is 5.32. The number of halogens is 1. The van der Waals surface area contributed by atoms with Gasteiger partial charge >= 0.3 is 0 Å². The predicted molar refractivity (Wildman–Crippen MR) is 116 cm³/mol. The quantitative estimate of drug-likeness (QED) is 0.627. The summed E-state index contributed by atoms with van der Waals surface area (Å²) in [5.41, 5.74) is 4.65. The van der Waals surface area contributed by atoms with Crippen molar-refractivity contribution in [1.29, 1.82) is 0 Å². The Kier molecular flexibility index (Phi) is 6.60. The van der Waals surface area contributed by atoms with Gasteiger partial charge in [-0.25, -0.2) is 4.63 Å². The van der Waals surface area contributed by atoms with Crippen LogP contribution in [0.3, 0.4) is 0 Å². The second-order valence-electron chi connectivity index (χ2n) is 7.69. The molecule has 0 saturated carbocycles. The summed E-state index contributed by atoms with van der Waals surface area (Å²) in [4.78, 5) is 19.1. The molecule has 31 heavy (non-hydrogen) atoms. The molecule has 0 radical (unpaired) electrons. The Morgan fingerprint density at radius 1 is 1.23 bits per heavy atom. The Labute approximate surface area is 185 Å². The van der Waals surface area contributed by atoms with Crippen LogP contribution in [-0.4, -0.2) is 52.3 Å². The number of nitrogens with zero attached hydrogens (tertiary/aromatic N) is 4. The molecule has 1 saturated heterocycles. The average Bonchev–Trinajstić information content (AvgIpc) is 3.12. The first-order chi connectivity index (χ1) is 15.0. The van der Waals surface area contributed by atoms with Gasteiger partial charge in [0.1, 0.15) is 11.8 Å². The van der Waals surface area contributed by atoms with E-state index in [0.29, 0.717) is 31.2 Å². The summed E-state index contributed by atoms with van der Waals surface area (Å²) in [7, 11) is 0. The maximum absolute atomic E-state index is 12.4. The molecule has 1 atom stereocenters. The van der Waals surface area contributed by atoms with Gasteiger partial charge < -0.3 is 10.1 Å². The van der Waals surface area contributed by atoms with Gasteiger partial charge in [0, 0.05) is 23.8 Å². The molecule has 1 aliphatic heterocycles. The summed E-state index contributed by atoms with van der Waals surface area (Å²) in [6.45, 7) is 5.71. The Balaban J connectivity index is 1.42. The highest BCUT2D eigenvalue weighted by Crippen LogP contribution is 2.24. The Morgan fingerprint density at radius 2 is 2.10 bits per heavy atom. The van der Waals surface area contributed by atoms with Crippen molar-refractivity contribution in [1.82, 2.24) is 20.2 Å². The van der Waals surface area contributed by atoms with Crippen molar-refractivity contribution < 1.29 is 14.2 Å². The van der Waals surface area contributed by atoms with Crippen LogP contribution >= 0.6 is 11.6 Å². The van der Waals surface area contributed by atoms with Crippen molar-refractivity contribution in [2.24, 2.45) is 0 Å². The van der Waals surface area contributed by atoms with E-state index in [2.05, 4.69) is 38.5 Å². The van der Waals surface area contributed by atoms with Gasteiger partial charge in [0.2, 0.25) is 5.91 Å². The van der Waals surface area contributed by atoms with E-state index < -0.39 is 0 Å². The van der Waals surface area contributed by atoms with Gasteiger partial charge in [0.15, 0.2) is 5.82 Å². The van der Waals surface area contributed by atoms with E-state index >= 15 is 0 Å². The molecule has 0 bridgehead atoms. The van der Waals surface area contributed by atoms with Crippen LogP contribution in [-0.2, 0) is 16.0 Å². The van der Waals surface area contributed by atoms with Crippen LogP contribution in [0.4, 0.5) is 5.82 Å². The van der Waals surface area contributed by atoms with E-state index in [-0.39, 0.29) is 18.6 Å². The van der Waals surface area contributed by atoms with Crippen molar-refractivity contribution in [3.05, 3.63) is 69.6 Å². The molecule has 3 aromatic rings. The first-order valence-corrected chi connectivity index (χ1v) is 10.5. The molecule has 1 aromatic carbocycles. The third-order valence-electron chi connectivity index (χ3n) is 5.09. The number of carbonyl (C=O) groups excluding carboxylic acids is 1. The summed E-state index contributed by atoms with van der Waals surface area (Å²) in [6.07, 6.45) is 0.566. The number of hydrogen-bond acceptors (Lipinski definition) is 7. The minimum atomic E-state index is -0.199. The summed E-state index contributed by atoms with van der Waals surface area (Å²) in [5.74, 6) is 0.180.